The summed E-state index contributed by atoms with van der Waals surface area (Å²) in [5.74, 6) is -0.250. The number of rotatable bonds is 5. The molecule has 0 spiro atoms. The van der Waals surface area contributed by atoms with Gasteiger partial charge >= 0.3 is 0 Å². The minimum absolute atomic E-state index is 0.142. The van der Waals surface area contributed by atoms with Crippen molar-refractivity contribution in [3.05, 3.63) is 44.2 Å². The van der Waals surface area contributed by atoms with Crippen LogP contribution in [0.2, 0.25) is 0 Å². The predicted octanol–water partition coefficient (Wildman–Crippen LogP) is 3.55. The first-order valence-corrected chi connectivity index (χ1v) is 8.49. The van der Waals surface area contributed by atoms with E-state index in [-0.39, 0.29) is 12.5 Å². The average molecular weight is 397 g/mol. The summed E-state index contributed by atoms with van der Waals surface area (Å²) < 4.78 is 6.47. The van der Waals surface area contributed by atoms with Gasteiger partial charge in [-0.25, -0.2) is 0 Å². The summed E-state index contributed by atoms with van der Waals surface area (Å²) in [6, 6.07) is 5.54. The number of anilines is 1. The zero-order chi connectivity index (χ0) is 17.1. The van der Waals surface area contributed by atoms with Crippen molar-refractivity contribution >= 4 is 44.1 Å². The molecule has 23 heavy (non-hydrogen) atoms. The van der Waals surface area contributed by atoms with E-state index >= 15 is 0 Å². The third-order valence-electron chi connectivity index (χ3n) is 3.38. The van der Waals surface area contributed by atoms with Crippen LogP contribution in [0.25, 0.3) is 0 Å². The molecule has 1 heterocycles. The molecular weight excluding hydrogens is 380 g/mol. The third kappa shape index (κ3) is 4.11. The van der Waals surface area contributed by atoms with Crippen LogP contribution in [0.15, 0.2) is 22.7 Å². The number of carbonyl (C=O) groups excluding carboxylic acids is 2. The van der Waals surface area contributed by atoms with Crippen LogP contribution in [-0.2, 0) is 4.79 Å². The normalized spacial score (nSPS) is 10.4. The fourth-order valence-corrected chi connectivity index (χ4v) is 3.65. The number of primary amides is 1. The molecule has 0 unspecified atom stereocenters. The number of hydrogen-bond acceptors (Lipinski definition) is 4. The van der Waals surface area contributed by atoms with Gasteiger partial charge in [-0.15, -0.1) is 11.3 Å². The summed E-state index contributed by atoms with van der Waals surface area (Å²) in [7, 11) is 0. The number of aryl methyl sites for hydroxylation is 2. The Kier molecular flexibility index (Phi) is 5.43. The van der Waals surface area contributed by atoms with Crippen molar-refractivity contribution in [1.82, 2.24) is 0 Å². The van der Waals surface area contributed by atoms with Crippen molar-refractivity contribution in [1.29, 1.82) is 0 Å². The average Bonchev–Trinajstić information content (AvgIpc) is 2.72. The van der Waals surface area contributed by atoms with Gasteiger partial charge in [-0.2, -0.15) is 0 Å². The van der Waals surface area contributed by atoms with Crippen molar-refractivity contribution in [3.8, 4) is 5.75 Å². The molecule has 1 aromatic carbocycles. The number of amides is 2. The molecule has 0 aliphatic carbocycles. The van der Waals surface area contributed by atoms with E-state index in [1.165, 1.54) is 11.3 Å². The third-order valence-corrected chi connectivity index (χ3v) is 5.00. The molecule has 0 saturated carbocycles. The molecule has 2 aromatic rings. The minimum atomic E-state index is -0.549. The minimum Gasteiger partial charge on any atom is -0.483 e. The van der Waals surface area contributed by atoms with Gasteiger partial charge in [-0.3, -0.25) is 9.59 Å². The van der Waals surface area contributed by atoms with Crippen LogP contribution in [0, 0.1) is 20.8 Å². The molecule has 3 N–H and O–H groups in total. The topological polar surface area (TPSA) is 81.4 Å². The molecule has 0 fully saturated rings. The first kappa shape index (κ1) is 17.5. The summed E-state index contributed by atoms with van der Waals surface area (Å²) in [5, 5.41) is 3.17. The van der Waals surface area contributed by atoms with E-state index in [2.05, 4.69) is 21.2 Å². The molecule has 0 aliphatic rings. The Hall–Kier alpha value is -1.86. The maximum Gasteiger partial charge on any atom is 0.262 e. The Labute approximate surface area is 147 Å². The maximum absolute atomic E-state index is 12.1. The second kappa shape index (κ2) is 7.14. The van der Waals surface area contributed by atoms with Crippen LogP contribution in [0.5, 0.6) is 5.75 Å². The second-order valence-corrected chi connectivity index (χ2v) is 7.24. The van der Waals surface area contributed by atoms with Gasteiger partial charge in [-0.1, -0.05) is 15.9 Å². The van der Waals surface area contributed by atoms with Crippen molar-refractivity contribution in [2.75, 3.05) is 11.9 Å². The second-order valence-electron chi connectivity index (χ2n) is 5.10. The van der Waals surface area contributed by atoms with Crippen LogP contribution in [0.3, 0.4) is 0 Å². The number of halogens is 1. The van der Waals surface area contributed by atoms with E-state index in [1.807, 2.05) is 32.9 Å². The fraction of sp³-hybridized carbons (Fsp3) is 0.250. The molecule has 1 aromatic heterocycles. The van der Waals surface area contributed by atoms with Gasteiger partial charge in [0.05, 0.1) is 5.56 Å². The van der Waals surface area contributed by atoms with Gasteiger partial charge < -0.3 is 15.8 Å². The number of ether oxygens (including phenoxy) is 1. The molecule has 122 valence electrons. The van der Waals surface area contributed by atoms with Crippen LogP contribution in [0.1, 0.15) is 26.4 Å². The fourth-order valence-electron chi connectivity index (χ4n) is 2.09. The highest BCUT2D eigenvalue weighted by atomic mass is 79.9. The highest BCUT2D eigenvalue weighted by Gasteiger charge is 2.19. The summed E-state index contributed by atoms with van der Waals surface area (Å²) in [6.45, 7) is 5.44. The maximum atomic E-state index is 12.1. The lowest BCUT2D eigenvalue weighted by Crippen LogP contribution is -2.22. The van der Waals surface area contributed by atoms with E-state index in [4.69, 9.17) is 10.5 Å². The van der Waals surface area contributed by atoms with Crippen molar-refractivity contribution in [3.63, 3.8) is 0 Å². The molecule has 0 aliphatic heterocycles. The molecular formula is C16H17BrN2O3S. The first-order valence-electron chi connectivity index (χ1n) is 6.88. The molecule has 0 radical (unpaired) electrons. The van der Waals surface area contributed by atoms with E-state index in [0.29, 0.717) is 16.3 Å². The van der Waals surface area contributed by atoms with E-state index in [0.717, 1.165) is 20.5 Å². The van der Waals surface area contributed by atoms with Crippen molar-refractivity contribution in [2.24, 2.45) is 5.73 Å². The number of carbonyl (C=O) groups is 2. The van der Waals surface area contributed by atoms with Gasteiger partial charge in [0.25, 0.3) is 11.8 Å². The molecule has 7 heteroatoms. The Morgan fingerprint density at radius 1 is 1.30 bits per heavy atom. The number of benzene rings is 1. The molecule has 5 nitrogen and oxygen atoms in total. The zero-order valence-electron chi connectivity index (χ0n) is 13.0. The van der Waals surface area contributed by atoms with Crippen LogP contribution < -0.4 is 15.8 Å². The monoisotopic (exact) mass is 396 g/mol. The van der Waals surface area contributed by atoms with E-state index in [1.54, 1.807) is 6.07 Å². The summed E-state index contributed by atoms with van der Waals surface area (Å²) >= 11 is 4.70. The number of thiophene rings is 1. The molecule has 2 amide bonds. The largest absolute Gasteiger partial charge is 0.483 e. The van der Waals surface area contributed by atoms with Gasteiger partial charge in [0, 0.05) is 9.35 Å². The van der Waals surface area contributed by atoms with E-state index in [9.17, 15) is 9.59 Å². The Morgan fingerprint density at radius 3 is 2.61 bits per heavy atom. The lowest BCUT2D eigenvalue weighted by molar-refractivity contribution is -0.118. The lowest BCUT2D eigenvalue weighted by Gasteiger charge is -2.10. The number of hydrogen-bond donors (Lipinski definition) is 2. The highest BCUT2D eigenvalue weighted by molar-refractivity contribution is 9.10. The smallest absolute Gasteiger partial charge is 0.262 e. The van der Waals surface area contributed by atoms with Gasteiger partial charge in [-0.05, 0) is 50.1 Å². The quantitative estimate of drug-likeness (QED) is 0.810. The predicted molar refractivity (Wildman–Crippen MR) is 95.3 cm³/mol. The van der Waals surface area contributed by atoms with Crippen LogP contribution in [0.4, 0.5) is 5.00 Å². The van der Waals surface area contributed by atoms with Crippen LogP contribution in [-0.4, -0.2) is 18.4 Å². The molecule has 2 rings (SSSR count). The summed E-state index contributed by atoms with van der Waals surface area (Å²) in [6.07, 6.45) is 0. The van der Waals surface area contributed by atoms with Crippen LogP contribution >= 0.6 is 27.3 Å². The van der Waals surface area contributed by atoms with Gasteiger partial charge in [0.1, 0.15) is 10.8 Å². The Balaban J connectivity index is 2.06. The SMILES string of the molecule is Cc1cc(Br)ccc1OCC(=O)Nc1sc(C)c(C)c1C(N)=O. The Morgan fingerprint density at radius 2 is 2.00 bits per heavy atom. The standard InChI is InChI=1S/C16H17BrN2O3S/c1-8-6-11(17)4-5-12(8)22-7-13(20)19-16-14(15(18)21)9(2)10(3)23-16/h4-6H,7H2,1-3H3,(H2,18,21)(H,19,20). The first-order chi connectivity index (χ1) is 10.8. The zero-order valence-corrected chi connectivity index (χ0v) is 15.4. The molecule has 0 bridgehead atoms. The number of nitrogens with one attached hydrogen (secondary N) is 1. The summed E-state index contributed by atoms with van der Waals surface area (Å²) in [5.41, 5.74) is 7.46. The van der Waals surface area contributed by atoms with Crippen molar-refractivity contribution in [2.45, 2.75) is 20.8 Å². The molecule has 0 atom stereocenters. The van der Waals surface area contributed by atoms with E-state index < -0.39 is 5.91 Å². The van der Waals surface area contributed by atoms with Gasteiger partial charge in [0.15, 0.2) is 6.61 Å². The number of nitrogens with two attached hydrogens (primary N) is 1. The molecule has 0 saturated heterocycles. The van der Waals surface area contributed by atoms with Gasteiger partial charge in [0.2, 0.25) is 0 Å². The van der Waals surface area contributed by atoms with Crippen molar-refractivity contribution < 1.29 is 14.3 Å². The Bertz CT molecular complexity index is 771. The summed E-state index contributed by atoms with van der Waals surface area (Å²) in [4.78, 5) is 24.5. The lowest BCUT2D eigenvalue weighted by atomic mass is 10.1. The highest BCUT2D eigenvalue weighted by Crippen LogP contribution is 2.32.